The number of primary amides is 1. The monoisotopic (exact) mass is 338 g/mol. The van der Waals surface area contributed by atoms with Crippen LogP contribution in [0.4, 0.5) is 5.00 Å². The Balaban J connectivity index is 1.92. The molecule has 0 saturated carbocycles. The zero-order valence-electron chi connectivity index (χ0n) is 12.0. The molecule has 0 fully saturated rings. The molecular weight excluding hydrogens is 322 g/mol. The van der Waals surface area contributed by atoms with E-state index in [0.29, 0.717) is 15.6 Å². The second kappa shape index (κ2) is 7.40. The first-order valence-corrected chi connectivity index (χ1v) is 7.99. The lowest BCUT2D eigenvalue weighted by atomic mass is 10.1. The number of anilines is 1. The molecule has 0 aliphatic carbocycles. The molecule has 7 heteroatoms. The molecule has 0 unspecified atom stereocenters. The number of hydrogen-bond donors (Lipinski definition) is 3. The van der Waals surface area contributed by atoms with Crippen LogP contribution in [0.5, 0.6) is 0 Å². The first-order chi connectivity index (χ1) is 10.5. The highest BCUT2D eigenvalue weighted by Crippen LogP contribution is 2.22. The lowest BCUT2D eigenvalue weighted by molar-refractivity contribution is -0.682. The maximum Gasteiger partial charge on any atom is 0.280 e. The number of nitrogens with two attached hydrogens (primary N) is 2. The molecule has 0 bridgehead atoms. The summed E-state index contributed by atoms with van der Waals surface area (Å²) in [6, 6.07) is 9.19. The van der Waals surface area contributed by atoms with Gasteiger partial charge in [0.25, 0.3) is 11.8 Å². The summed E-state index contributed by atoms with van der Waals surface area (Å²) in [5.74, 6) is -0.742. The number of nitrogens with one attached hydrogen (secondary N) is 1. The number of hydrogen-bond acceptors (Lipinski definition) is 3. The summed E-state index contributed by atoms with van der Waals surface area (Å²) in [5, 5.41) is 7.47. The van der Waals surface area contributed by atoms with Gasteiger partial charge in [0, 0.05) is 10.6 Å². The minimum Gasteiger partial charge on any atom is -0.366 e. The van der Waals surface area contributed by atoms with Crippen molar-refractivity contribution in [2.75, 3.05) is 11.9 Å². The Bertz CT molecular complexity index is 687. The molecular formula is C15H17ClN3O2S+. The van der Waals surface area contributed by atoms with Gasteiger partial charge in [-0.3, -0.25) is 9.59 Å². The van der Waals surface area contributed by atoms with Gasteiger partial charge >= 0.3 is 0 Å². The summed E-state index contributed by atoms with van der Waals surface area (Å²) < 4.78 is 0. The SMILES string of the molecule is C[C@H]([NH2+]CC(=O)Nc1sccc1C(N)=O)c1ccccc1Cl. The minimum absolute atomic E-state index is 0.0541. The minimum atomic E-state index is -0.551. The molecule has 0 radical (unpaired) electrons. The van der Waals surface area contributed by atoms with Gasteiger partial charge in [0.1, 0.15) is 11.0 Å². The Morgan fingerprint density at radius 2 is 2.09 bits per heavy atom. The van der Waals surface area contributed by atoms with Crippen LogP contribution in [-0.4, -0.2) is 18.4 Å². The van der Waals surface area contributed by atoms with Gasteiger partial charge in [0.2, 0.25) is 0 Å². The van der Waals surface area contributed by atoms with Crippen LogP contribution in [0.25, 0.3) is 0 Å². The molecule has 2 rings (SSSR count). The topological polar surface area (TPSA) is 88.8 Å². The molecule has 1 heterocycles. The number of benzene rings is 1. The van der Waals surface area contributed by atoms with Crippen molar-refractivity contribution in [2.24, 2.45) is 5.73 Å². The van der Waals surface area contributed by atoms with Gasteiger partial charge < -0.3 is 16.4 Å². The number of quaternary nitrogens is 1. The molecule has 116 valence electrons. The van der Waals surface area contributed by atoms with Gasteiger partial charge in [-0.2, -0.15) is 0 Å². The van der Waals surface area contributed by atoms with Crippen molar-refractivity contribution in [3.05, 3.63) is 51.9 Å². The van der Waals surface area contributed by atoms with Gasteiger partial charge in [0.05, 0.1) is 5.56 Å². The quantitative estimate of drug-likeness (QED) is 0.749. The predicted molar refractivity (Wildman–Crippen MR) is 88.1 cm³/mol. The molecule has 2 amide bonds. The molecule has 0 spiro atoms. The number of carbonyl (C=O) groups is 2. The van der Waals surface area contributed by atoms with E-state index in [1.54, 1.807) is 11.4 Å². The van der Waals surface area contributed by atoms with E-state index in [-0.39, 0.29) is 18.5 Å². The third kappa shape index (κ3) is 4.07. The summed E-state index contributed by atoms with van der Waals surface area (Å²) in [5.41, 5.74) is 6.55. The number of carbonyl (C=O) groups excluding carboxylic acids is 2. The first kappa shape index (κ1) is 16.5. The van der Waals surface area contributed by atoms with Crippen molar-refractivity contribution >= 4 is 39.8 Å². The molecule has 2 aromatic rings. The number of amides is 2. The highest BCUT2D eigenvalue weighted by molar-refractivity contribution is 7.14. The number of rotatable bonds is 6. The van der Waals surface area contributed by atoms with Crippen LogP contribution in [0, 0.1) is 0 Å². The normalized spacial score (nSPS) is 11.9. The molecule has 1 aromatic carbocycles. The largest absolute Gasteiger partial charge is 0.366 e. The fourth-order valence-electron chi connectivity index (χ4n) is 2.03. The van der Waals surface area contributed by atoms with E-state index < -0.39 is 5.91 Å². The lowest BCUT2D eigenvalue weighted by Crippen LogP contribution is -2.86. The van der Waals surface area contributed by atoms with E-state index >= 15 is 0 Å². The van der Waals surface area contributed by atoms with Crippen molar-refractivity contribution in [1.29, 1.82) is 0 Å². The molecule has 5 nitrogen and oxygen atoms in total. The lowest BCUT2D eigenvalue weighted by Gasteiger charge is -2.12. The third-order valence-corrected chi connectivity index (χ3v) is 4.41. The smallest absolute Gasteiger partial charge is 0.280 e. The van der Waals surface area contributed by atoms with Gasteiger partial charge in [-0.1, -0.05) is 29.8 Å². The van der Waals surface area contributed by atoms with Crippen molar-refractivity contribution < 1.29 is 14.9 Å². The third-order valence-electron chi connectivity index (χ3n) is 3.24. The molecule has 0 aliphatic heterocycles. The van der Waals surface area contributed by atoms with Crippen LogP contribution in [0.2, 0.25) is 5.02 Å². The molecule has 1 aromatic heterocycles. The van der Waals surface area contributed by atoms with Crippen molar-refractivity contribution in [1.82, 2.24) is 0 Å². The Morgan fingerprint density at radius 1 is 1.36 bits per heavy atom. The summed E-state index contributed by atoms with van der Waals surface area (Å²) >= 11 is 7.41. The average Bonchev–Trinajstić information content (AvgIpc) is 2.93. The summed E-state index contributed by atoms with van der Waals surface area (Å²) in [6.45, 7) is 2.21. The molecule has 5 N–H and O–H groups in total. The Labute approximate surface area is 137 Å². The Kier molecular flexibility index (Phi) is 5.54. The standard InChI is InChI=1S/C15H16ClN3O2S/c1-9(10-4-2-3-5-12(10)16)18-8-13(20)19-15-11(14(17)21)6-7-22-15/h2-7,9,18H,8H2,1H3,(H2,17,21)(H,19,20)/p+1/t9-/m0/s1. The summed E-state index contributed by atoms with van der Waals surface area (Å²) in [7, 11) is 0. The average molecular weight is 339 g/mol. The predicted octanol–water partition coefficient (Wildman–Crippen LogP) is 1.76. The maximum atomic E-state index is 12.0. The van der Waals surface area contributed by atoms with Crippen LogP contribution >= 0.6 is 22.9 Å². The second-order valence-corrected chi connectivity index (χ2v) is 6.15. The van der Waals surface area contributed by atoms with Crippen molar-refractivity contribution in [2.45, 2.75) is 13.0 Å². The van der Waals surface area contributed by atoms with Crippen LogP contribution in [0.3, 0.4) is 0 Å². The fraction of sp³-hybridized carbons (Fsp3) is 0.200. The van der Waals surface area contributed by atoms with Crippen LogP contribution in [0.1, 0.15) is 28.9 Å². The fourth-order valence-corrected chi connectivity index (χ4v) is 3.15. The van der Waals surface area contributed by atoms with E-state index in [0.717, 1.165) is 5.56 Å². The van der Waals surface area contributed by atoms with Gasteiger partial charge in [-0.05, 0) is 24.4 Å². The van der Waals surface area contributed by atoms with E-state index in [1.807, 2.05) is 36.5 Å². The van der Waals surface area contributed by atoms with Crippen LogP contribution < -0.4 is 16.4 Å². The van der Waals surface area contributed by atoms with E-state index in [2.05, 4.69) is 5.32 Å². The zero-order valence-corrected chi connectivity index (χ0v) is 13.6. The highest BCUT2D eigenvalue weighted by atomic mass is 35.5. The highest BCUT2D eigenvalue weighted by Gasteiger charge is 2.16. The van der Waals surface area contributed by atoms with E-state index in [9.17, 15) is 9.59 Å². The molecule has 0 saturated heterocycles. The summed E-state index contributed by atoms with van der Waals surface area (Å²) in [4.78, 5) is 23.2. The van der Waals surface area contributed by atoms with Gasteiger partial charge in [-0.25, -0.2) is 0 Å². The van der Waals surface area contributed by atoms with E-state index in [1.165, 1.54) is 11.3 Å². The molecule has 22 heavy (non-hydrogen) atoms. The molecule has 0 aliphatic rings. The second-order valence-electron chi connectivity index (χ2n) is 4.83. The van der Waals surface area contributed by atoms with Crippen LogP contribution in [-0.2, 0) is 4.79 Å². The number of halogens is 1. The Hall–Kier alpha value is -1.89. The van der Waals surface area contributed by atoms with Gasteiger partial charge in [-0.15, -0.1) is 11.3 Å². The zero-order chi connectivity index (χ0) is 16.1. The first-order valence-electron chi connectivity index (χ1n) is 6.74. The van der Waals surface area contributed by atoms with Crippen LogP contribution in [0.15, 0.2) is 35.7 Å². The molecule has 1 atom stereocenters. The van der Waals surface area contributed by atoms with E-state index in [4.69, 9.17) is 17.3 Å². The van der Waals surface area contributed by atoms with Crippen molar-refractivity contribution in [3.8, 4) is 0 Å². The van der Waals surface area contributed by atoms with Crippen molar-refractivity contribution in [3.63, 3.8) is 0 Å². The van der Waals surface area contributed by atoms with Gasteiger partial charge in [0.15, 0.2) is 6.54 Å². The Morgan fingerprint density at radius 3 is 2.77 bits per heavy atom. The summed E-state index contributed by atoms with van der Waals surface area (Å²) in [6.07, 6.45) is 0. The maximum absolute atomic E-state index is 12.0. The number of thiophene rings is 1.